The second-order valence-electron chi connectivity index (χ2n) is 4.36. The van der Waals surface area contributed by atoms with Crippen molar-refractivity contribution < 1.29 is 14.6 Å². The van der Waals surface area contributed by atoms with Crippen LogP contribution in [0.25, 0.3) is 10.8 Å². The Bertz CT molecular complexity index is 629. The van der Waals surface area contributed by atoms with E-state index in [1.807, 2.05) is 31.2 Å². The van der Waals surface area contributed by atoms with Gasteiger partial charge in [0.2, 0.25) is 0 Å². The van der Waals surface area contributed by atoms with Gasteiger partial charge in [-0.15, -0.1) is 0 Å². The van der Waals surface area contributed by atoms with Gasteiger partial charge in [-0.2, -0.15) is 0 Å². The molecule has 0 unspecified atom stereocenters. The summed E-state index contributed by atoms with van der Waals surface area (Å²) in [6.07, 6.45) is 0.813. The van der Waals surface area contributed by atoms with Gasteiger partial charge in [0.05, 0.1) is 0 Å². The van der Waals surface area contributed by atoms with E-state index in [0.29, 0.717) is 12.4 Å². The number of ether oxygens (including phenoxy) is 1. The molecule has 2 aromatic rings. The van der Waals surface area contributed by atoms with Crippen LogP contribution in [-0.4, -0.2) is 17.7 Å². The van der Waals surface area contributed by atoms with Crippen molar-refractivity contribution in [2.75, 3.05) is 6.61 Å². The third kappa shape index (κ3) is 2.76. The first-order valence-electron chi connectivity index (χ1n) is 6.18. The zero-order chi connectivity index (χ0) is 13.8. The Kier molecular flexibility index (Phi) is 3.85. The van der Waals surface area contributed by atoms with Crippen molar-refractivity contribution in [2.45, 2.75) is 13.3 Å². The summed E-state index contributed by atoms with van der Waals surface area (Å²) in [7, 11) is 0. The minimum absolute atomic E-state index is 0.183. The predicted octanol–water partition coefficient (Wildman–Crippen LogP) is 3.88. The number of rotatable bonds is 5. The van der Waals surface area contributed by atoms with Crippen LogP contribution in [0.4, 0.5) is 0 Å². The van der Waals surface area contributed by atoms with E-state index in [2.05, 4.69) is 6.58 Å². The SMILES string of the molecule is C=C(CC)COc1c(C(=O)O)ccc2ccccc12. The summed E-state index contributed by atoms with van der Waals surface area (Å²) in [5.41, 5.74) is 1.12. The fourth-order valence-corrected chi connectivity index (χ4v) is 1.84. The summed E-state index contributed by atoms with van der Waals surface area (Å²) < 4.78 is 5.68. The van der Waals surface area contributed by atoms with Crippen molar-refractivity contribution in [3.05, 3.63) is 54.1 Å². The zero-order valence-electron chi connectivity index (χ0n) is 10.8. The molecule has 2 rings (SSSR count). The van der Waals surface area contributed by atoms with Crippen molar-refractivity contribution in [2.24, 2.45) is 0 Å². The predicted molar refractivity (Wildman–Crippen MR) is 75.8 cm³/mol. The van der Waals surface area contributed by atoms with Gasteiger partial charge in [0.1, 0.15) is 17.9 Å². The van der Waals surface area contributed by atoms with Gasteiger partial charge in [0, 0.05) is 5.39 Å². The smallest absolute Gasteiger partial charge is 0.339 e. The maximum Gasteiger partial charge on any atom is 0.339 e. The normalized spacial score (nSPS) is 10.4. The zero-order valence-corrected chi connectivity index (χ0v) is 10.8. The molecule has 3 heteroatoms. The Morgan fingerprint density at radius 2 is 2.00 bits per heavy atom. The Morgan fingerprint density at radius 3 is 2.68 bits per heavy atom. The molecule has 0 bridgehead atoms. The van der Waals surface area contributed by atoms with Gasteiger partial charge in [-0.05, 0) is 23.4 Å². The van der Waals surface area contributed by atoms with E-state index in [1.165, 1.54) is 0 Å². The molecule has 0 spiro atoms. The van der Waals surface area contributed by atoms with Crippen LogP contribution >= 0.6 is 0 Å². The summed E-state index contributed by atoms with van der Waals surface area (Å²) in [5, 5.41) is 11.0. The summed E-state index contributed by atoms with van der Waals surface area (Å²) in [6, 6.07) is 11.0. The highest BCUT2D eigenvalue weighted by Crippen LogP contribution is 2.30. The highest BCUT2D eigenvalue weighted by molar-refractivity contribution is 6.00. The molecular formula is C16H16O3. The highest BCUT2D eigenvalue weighted by Gasteiger charge is 2.14. The quantitative estimate of drug-likeness (QED) is 0.826. The second kappa shape index (κ2) is 5.57. The lowest BCUT2D eigenvalue weighted by molar-refractivity contribution is 0.0693. The van der Waals surface area contributed by atoms with Crippen LogP contribution in [0, 0.1) is 0 Å². The third-order valence-electron chi connectivity index (χ3n) is 3.03. The van der Waals surface area contributed by atoms with Crippen LogP contribution in [0.3, 0.4) is 0 Å². The fraction of sp³-hybridized carbons (Fsp3) is 0.188. The molecule has 0 atom stereocenters. The van der Waals surface area contributed by atoms with E-state index < -0.39 is 5.97 Å². The van der Waals surface area contributed by atoms with Gasteiger partial charge in [0.25, 0.3) is 0 Å². The lowest BCUT2D eigenvalue weighted by Gasteiger charge is -2.13. The van der Waals surface area contributed by atoms with E-state index >= 15 is 0 Å². The average Bonchev–Trinajstić information content (AvgIpc) is 2.43. The number of benzene rings is 2. The minimum Gasteiger partial charge on any atom is -0.488 e. The van der Waals surface area contributed by atoms with Crippen molar-refractivity contribution in [1.29, 1.82) is 0 Å². The molecular weight excluding hydrogens is 240 g/mol. The number of hydrogen-bond donors (Lipinski definition) is 1. The van der Waals surface area contributed by atoms with E-state index in [9.17, 15) is 9.90 Å². The largest absolute Gasteiger partial charge is 0.488 e. The molecule has 0 saturated carbocycles. The molecule has 0 saturated heterocycles. The van der Waals surface area contributed by atoms with Crippen LogP contribution in [0.1, 0.15) is 23.7 Å². The summed E-state index contributed by atoms with van der Waals surface area (Å²) in [6.45, 7) is 6.20. The monoisotopic (exact) mass is 256 g/mol. The number of fused-ring (bicyclic) bond motifs is 1. The first-order chi connectivity index (χ1) is 9.13. The third-order valence-corrected chi connectivity index (χ3v) is 3.03. The number of aromatic carboxylic acids is 1. The first kappa shape index (κ1) is 13.1. The van der Waals surface area contributed by atoms with Gasteiger partial charge >= 0.3 is 5.97 Å². The molecule has 0 aliphatic carbocycles. The maximum atomic E-state index is 11.3. The molecule has 19 heavy (non-hydrogen) atoms. The van der Waals surface area contributed by atoms with Crippen LogP contribution in [-0.2, 0) is 0 Å². The molecule has 3 nitrogen and oxygen atoms in total. The van der Waals surface area contributed by atoms with E-state index in [-0.39, 0.29) is 5.56 Å². The van der Waals surface area contributed by atoms with Gasteiger partial charge < -0.3 is 9.84 Å². The molecule has 98 valence electrons. The Labute approximate surface area is 112 Å². The van der Waals surface area contributed by atoms with Crippen molar-refractivity contribution >= 4 is 16.7 Å². The molecule has 0 aliphatic heterocycles. The first-order valence-corrected chi connectivity index (χ1v) is 6.18. The standard InChI is InChI=1S/C16H16O3/c1-3-11(2)10-19-15-13-7-5-4-6-12(13)8-9-14(15)16(17)18/h4-9H,2-3,10H2,1H3,(H,17,18). The highest BCUT2D eigenvalue weighted by atomic mass is 16.5. The lowest BCUT2D eigenvalue weighted by atomic mass is 10.1. The van der Waals surface area contributed by atoms with Gasteiger partial charge in [0.15, 0.2) is 0 Å². The number of hydrogen-bond acceptors (Lipinski definition) is 2. The van der Waals surface area contributed by atoms with Gasteiger partial charge in [-0.1, -0.05) is 43.8 Å². The van der Waals surface area contributed by atoms with Gasteiger partial charge in [-0.3, -0.25) is 0 Å². The molecule has 0 aromatic heterocycles. The molecule has 0 radical (unpaired) electrons. The van der Waals surface area contributed by atoms with Gasteiger partial charge in [-0.25, -0.2) is 4.79 Å². The van der Waals surface area contributed by atoms with Crippen LogP contribution < -0.4 is 4.74 Å². The number of carboxylic acid groups (broad SMARTS) is 1. The van der Waals surface area contributed by atoms with Crippen molar-refractivity contribution in [3.63, 3.8) is 0 Å². The molecule has 0 amide bonds. The Balaban J connectivity index is 2.49. The summed E-state index contributed by atoms with van der Waals surface area (Å²) in [4.78, 5) is 11.3. The molecule has 2 aromatic carbocycles. The molecule has 0 aliphatic rings. The fourth-order valence-electron chi connectivity index (χ4n) is 1.84. The number of carbonyl (C=O) groups is 1. The molecule has 0 fully saturated rings. The Morgan fingerprint density at radius 1 is 1.26 bits per heavy atom. The topological polar surface area (TPSA) is 46.5 Å². The summed E-state index contributed by atoms with van der Waals surface area (Å²) >= 11 is 0. The van der Waals surface area contributed by atoms with Crippen LogP contribution in [0.15, 0.2) is 48.6 Å². The van der Waals surface area contributed by atoms with Crippen molar-refractivity contribution in [3.8, 4) is 5.75 Å². The second-order valence-corrected chi connectivity index (χ2v) is 4.36. The van der Waals surface area contributed by atoms with Crippen molar-refractivity contribution in [1.82, 2.24) is 0 Å². The Hall–Kier alpha value is -2.29. The molecule has 0 heterocycles. The number of carboxylic acids is 1. The van der Waals surface area contributed by atoms with Crippen LogP contribution in [0.5, 0.6) is 5.75 Å². The summed E-state index contributed by atoms with van der Waals surface area (Å²) in [5.74, 6) is -0.567. The maximum absolute atomic E-state index is 11.3. The van der Waals surface area contributed by atoms with E-state index in [1.54, 1.807) is 12.1 Å². The molecule has 1 N–H and O–H groups in total. The van der Waals surface area contributed by atoms with E-state index in [4.69, 9.17) is 4.74 Å². The van der Waals surface area contributed by atoms with Crippen LogP contribution in [0.2, 0.25) is 0 Å². The average molecular weight is 256 g/mol. The lowest BCUT2D eigenvalue weighted by Crippen LogP contribution is -2.06. The minimum atomic E-state index is -0.983. The van der Waals surface area contributed by atoms with E-state index in [0.717, 1.165) is 22.8 Å².